The van der Waals surface area contributed by atoms with Gasteiger partial charge in [0.2, 0.25) is 5.91 Å². The maximum atomic E-state index is 12.6. The van der Waals surface area contributed by atoms with Gasteiger partial charge in [0.05, 0.1) is 0 Å². The third-order valence-corrected chi connectivity index (χ3v) is 5.47. The van der Waals surface area contributed by atoms with Gasteiger partial charge < -0.3 is 10.6 Å². The van der Waals surface area contributed by atoms with Gasteiger partial charge in [-0.2, -0.15) is 0 Å². The third kappa shape index (κ3) is 4.53. The Bertz CT molecular complexity index is 609. The average Bonchev–Trinajstić information content (AvgIpc) is 3.06. The van der Waals surface area contributed by atoms with E-state index in [1.165, 1.54) is 32.1 Å². The van der Waals surface area contributed by atoms with Crippen molar-refractivity contribution in [2.24, 2.45) is 11.8 Å². The van der Waals surface area contributed by atoms with Crippen molar-refractivity contribution in [2.45, 2.75) is 51.9 Å². The number of nitrogens with zero attached hydrogens (tertiary/aromatic N) is 1. The molecule has 3 amide bonds. The zero-order chi connectivity index (χ0) is 17.6. The predicted molar refractivity (Wildman–Crippen MR) is 101 cm³/mol. The van der Waals surface area contributed by atoms with Crippen LogP contribution in [0.3, 0.4) is 0 Å². The fourth-order valence-electron chi connectivity index (χ4n) is 3.92. The molecule has 0 spiro atoms. The Balaban J connectivity index is 1.54. The quantitative estimate of drug-likeness (QED) is 0.815. The number of amides is 3. The number of carbonyl (C=O) groups is 2. The molecule has 3 rings (SSSR count). The molecule has 5 nitrogen and oxygen atoms in total. The van der Waals surface area contributed by atoms with Gasteiger partial charge in [-0.25, -0.2) is 4.79 Å². The van der Waals surface area contributed by atoms with Crippen LogP contribution in [0.1, 0.15) is 51.9 Å². The molecule has 1 saturated carbocycles. The highest BCUT2D eigenvalue weighted by molar-refractivity contribution is 5.96. The minimum atomic E-state index is -0.0751. The van der Waals surface area contributed by atoms with Crippen molar-refractivity contribution < 1.29 is 9.59 Å². The lowest BCUT2D eigenvalue weighted by Crippen LogP contribution is -2.28. The lowest BCUT2D eigenvalue weighted by molar-refractivity contribution is -0.121. The zero-order valence-corrected chi connectivity index (χ0v) is 15.1. The summed E-state index contributed by atoms with van der Waals surface area (Å²) in [7, 11) is 0. The van der Waals surface area contributed by atoms with Gasteiger partial charge in [-0.15, -0.1) is 0 Å². The summed E-state index contributed by atoms with van der Waals surface area (Å²) >= 11 is 0. The minimum Gasteiger partial charge on any atom is -0.336 e. The van der Waals surface area contributed by atoms with E-state index in [-0.39, 0.29) is 17.9 Å². The van der Waals surface area contributed by atoms with Crippen LogP contribution >= 0.6 is 0 Å². The SMILES string of the molecule is CCCCC1CCC(C(=O)Nc2cccc(N3CCNC3=O)c2)CC1. The van der Waals surface area contributed by atoms with Crippen molar-refractivity contribution in [3.63, 3.8) is 0 Å². The van der Waals surface area contributed by atoms with Gasteiger partial charge in [0.15, 0.2) is 0 Å². The number of unbranched alkanes of at least 4 members (excludes halogenated alkanes) is 1. The van der Waals surface area contributed by atoms with E-state index in [0.717, 1.165) is 30.1 Å². The Hall–Kier alpha value is -2.04. The first-order chi connectivity index (χ1) is 12.2. The minimum absolute atomic E-state index is 0.0751. The molecule has 136 valence electrons. The molecule has 1 saturated heterocycles. The summed E-state index contributed by atoms with van der Waals surface area (Å²) in [6.07, 6.45) is 8.20. The third-order valence-electron chi connectivity index (χ3n) is 5.47. The summed E-state index contributed by atoms with van der Waals surface area (Å²) in [4.78, 5) is 26.1. The molecule has 0 radical (unpaired) electrons. The number of carbonyl (C=O) groups excluding carboxylic acids is 2. The number of urea groups is 1. The predicted octanol–water partition coefficient (Wildman–Crippen LogP) is 4.15. The molecule has 5 heteroatoms. The maximum Gasteiger partial charge on any atom is 0.321 e. The van der Waals surface area contributed by atoms with Gasteiger partial charge in [-0.05, 0) is 49.8 Å². The van der Waals surface area contributed by atoms with Gasteiger partial charge in [0.25, 0.3) is 0 Å². The summed E-state index contributed by atoms with van der Waals surface area (Å²) in [6, 6.07) is 7.49. The highest BCUT2D eigenvalue weighted by Gasteiger charge is 2.26. The van der Waals surface area contributed by atoms with Crippen molar-refractivity contribution in [3.8, 4) is 0 Å². The number of hydrogen-bond donors (Lipinski definition) is 2. The second kappa shape index (κ2) is 8.37. The molecular weight excluding hydrogens is 314 g/mol. The Labute approximate surface area is 150 Å². The molecule has 0 unspecified atom stereocenters. The molecule has 25 heavy (non-hydrogen) atoms. The van der Waals surface area contributed by atoms with Crippen LogP contribution in [0.25, 0.3) is 0 Å². The number of benzene rings is 1. The van der Waals surface area contributed by atoms with Crippen LogP contribution in [0, 0.1) is 11.8 Å². The van der Waals surface area contributed by atoms with Crippen LogP contribution < -0.4 is 15.5 Å². The average molecular weight is 343 g/mol. The van der Waals surface area contributed by atoms with Crippen molar-refractivity contribution in [3.05, 3.63) is 24.3 Å². The first-order valence-electron chi connectivity index (χ1n) is 9.63. The van der Waals surface area contributed by atoms with E-state index in [9.17, 15) is 9.59 Å². The van der Waals surface area contributed by atoms with Gasteiger partial charge in [-0.1, -0.05) is 32.3 Å². The van der Waals surface area contributed by atoms with E-state index < -0.39 is 0 Å². The topological polar surface area (TPSA) is 61.4 Å². The summed E-state index contributed by atoms with van der Waals surface area (Å²) in [5, 5.41) is 5.85. The highest BCUT2D eigenvalue weighted by Crippen LogP contribution is 2.32. The number of hydrogen-bond acceptors (Lipinski definition) is 2. The van der Waals surface area contributed by atoms with E-state index in [1.54, 1.807) is 4.90 Å². The second-order valence-corrected chi connectivity index (χ2v) is 7.28. The number of nitrogens with one attached hydrogen (secondary N) is 2. The van der Waals surface area contributed by atoms with Crippen LogP contribution in [-0.2, 0) is 4.79 Å². The monoisotopic (exact) mass is 343 g/mol. The van der Waals surface area contributed by atoms with Crippen LogP contribution in [0.5, 0.6) is 0 Å². The van der Waals surface area contributed by atoms with Crippen molar-refractivity contribution in [1.82, 2.24) is 5.32 Å². The summed E-state index contributed by atoms with van der Waals surface area (Å²) in [6.45, 7) is 3.56. The van der Waals surface area contributed by atoms with E-state index >= 15 is 0 Å². The smallest absolute Gasteiger partial charge is 0.321 e. The zero-order valence-electron chi connectivity index (χ0n) is 15.1. The molecule has 1 aliphatic carbocycles. The lowest BCUT2D eigenvalue weighted by Gasteiger charge is -2.27. The highest BCUT2D eigenvalue weighted by atomic mass is 16.2. The lowest BCUT2D eigenvalue weighted by atomic mass is 9.79. The molecule has 1 aromatic carbocycles. The first kappa shape index (κ1) is 17.8. The van der Waals surface area contributed by atoms with Crippen LogP contribution in [-0.4, -0.2) is 25.0 Å². The maximum absolute atomic E-state index is 12.6. The molecule has 1 aromatic rings. The largest absolute Gasteiger partial charge is 0.336 e. The Morgan fingerprint density at radius 1 is 1.28 bits per heavy atom. The summed E-state index contributed by atoms with van der Waals surface area (Å²) in [5.74, 6) is 1.05. The number of rotatable bonds is 6. The second-order valence-electron chi connectivity index (χ2n) is 7.28. The van der Waals surface area contributed by atoms with Crippen LogP contribution in [0.4, 0.5) is 16.2 Å². The molecule has 2 aliphatic rings. The normalized spacial score (nSPS) is 23.4. The Kier molecular flexibility index (Phi) is 5.95. The van der Waals surface area contributed by atoms with E-state index in [0.29, 0.717) is 13.1 Å². The fraction of sp³-hybridized carbons (Fsp3) is 0.600. The molecule has 2 fully saturated rings. The molecule has 0 atom stereocenters. The van der Waals surface area contributed by atoms with Crippen LogP contribution in [0.2, 0.25) is 0 Å². The Morgan fingerprint density at radius 2 is 2.08 bits per heavy atom. The molecule has 0 bridgehead atoms. The summed E-state index contributed by atoms with van der Waals surface area (Å²) in [5.41, 5.74) is 1.60. The molecule has 0 aromatic heterocycles. The molecule has 1 heterocycles. The van der Waals surface area contributed by atoms with E-state index in [1.807, 2.05) is 24.3 Å². The van der Waals surface area contributed by atoms with E-state index in [4.69, 9.17) is 0 Å². The van der Waals surface area contributed by atoms with Gasteiger partial charge >= 0.3 is 6.03 Å². The summed E-state index contributed by atoms with van der Waals surface area (Å²) < 4.78 is 0. The van der Waals surface area contributed by atoms with Crippen LogP contribution in [0.15, 0.2) is 24.3 Å². The Morgan fingerprint density at radius 3 is 2.76 bits per heavy atom. The van der Waals surface area contributed by atoms with Gasteiger partial charge in [-0.3, -0.25) is 9.69 Å². The number of anilines is 2. The van der Waals surface area contributed by atoms with Crippen molar-refractivity contribution in [2.75, 3.05) is 23.3 Å². The van der Waals surface area contributed by atoms with Gasteiger partial charge in [0.1, 0.15) is 0 Å². The molecule has 1 aliphatic heterocycles. The van der Waals surface area contributed by atoms with Crippen molar-refractivity contribution in [1.29, 1.82) is 0 Å². The fourth-order valence-corrected chi connectivity index (χ4v) is 3.92. The molecular formula is C20H29N3O2. The van der Waals surface area contributed by atoms with E-state index in [2.05, 4.69) is 17.6 Å². The van der Waals surface area contributed by atoms with Gasteiger partial charge in [0, 0.05) is 30.4 Å². The van der Waals surface area contributed by atoms with Crippen molar-refractivity contribution >= 4 is 23.3 Å². The standard InChI is InChI=1S/C20H29N3O2/c1-2-3-5-15-8-10-16(11-9-15)19(24)22-17-6-4-7-18(14-17)23-13-12-21-20(23)25/h4,6-7,14-16H,2-3,5,8-13H2,1H3,(H,21,25)(H,22,24). The molecule has 2 N–H and O–H groups in total. The first-order valence-corrected chi connectivity index (χ1v) is 9.63.